The van der Waals surface area contributed by atoms with Gasteiger partial charge in [-0.3, -0.25) is 4.98 Å². The number of sulfonamides is 1. The summed E-state index contributed by atoms with van der Waals surface area (Å²) in [6.45, 7) is 2.07. The lowest BCUT2D eigenvalue weighted by atomic mass is 10.4. The van der Waals surface area contributed by atoms with Gasteiger partial charge in [0.2, 0.25) is 10.0 Å². The SMILES string of the molecule is CS(=O)(=O)NCCCNCc1cncs1. The van der Waals surface area contributed by atoms with E-state index in [0.29, 0.717) is 6.54 Å². The maximum atomic E-state index is 10.7. The molecule has 0 atom stereocenters. The Bertz CT molecular complexity index is 361. The van der Waals surface area contributed by atoms with Crippen LogP contribution in [0.5, 0.6) is 0 Å². The Morgan fingerprint density at radius 1 is 1.47 bits per heavy atom. The predicted octanol–water partition coefficient (Wildman–Crippen LogP) is 0.172. The van der Waals surface area contributed by atoms with Gasteiger partial charge in [0.25, 0.3) is 0 Å². The van der Waals surface area contributed by atoms with Crippen LogP contribution in [-0.2, 0) is 16.6 Å². The fourth-order valence-corrected chi connectivity index (χ4v) is 2.09. The molecule has 0 aliphatic carbocycles. The Kier molecular flexibility index (Phi) is 5.16. The third-order valence-corrected chi connectivity index (χ3v) is 3.19. The maximum Gasteiger partial charge on any atom is 0.208 e. The molecule has 0 saturated carbocycles. The third-order valence-electron chi connectivity index (χ3n) is 1.68. The van der Waals surface area contributed by atoms with Gasteiger partial charge in [0.05, 0.1) is 11.8 Å². The molecule has 0 saturated heterocycles. The van der Waals surface area contributed by atoms with Crippen LogP contribution in [-0.4, -0.2) is 32.7 Å². The smallest absolute Gasteiger partial charge is 0.208 e. The Hall–Kier alpha value is -0.500. The summed E-state index contributed by atoms with van der Waals surface area (Å²) < 4.78 is 23.9. The minimum atomic E-state index is -3.04. The van der Waals surface area contributed by atoms with Crippen LogP contribution in [0.2, 0.25) is 0 Å². The molecule has 0 aromatic carbocycles. The second kappa shape index (κ2) is 6.16. The molecule has 1 aromatic heterocycles. The number of hydrogen-bond donors (Lipinski definition) is 2. The second-order valence-corrected chi connectivity index (χ2v) is 5.97. The van der Waals surface area contributed by atoms with Gasteiger partial charge in [0.1, 0.15) is 0 Å². The van der Waals surface area contributed by atoms with Crippen molar-refractivity contribution in [3.63, 3.8) is 0 Å². The molecular weight excluding hydrogens is 234 g/mol. The summed E-state index contributed by atoms with van der Waals surface area (Å²) in [7, 11) is -3.04. The average molecular weight is 249 g/mol. The van der Waals surface area contributed by atoms with E-state index in [4.69, 9.17) is 0 Å². The van der Waals surface area contributed by atoms with E-state index in [1.165, 1.54) is 4.88 Å². The van der Waals surface area contributed by atoms with Gasteiger partial charge in [-0.2, -0.15) is 0 Å². The highest BCUT2D eigenvalue weighted by Crippen LogP contribution is 2.03. The minimum Gasteiger partial charge on any atom is -0.312 e. The summed E-state index contributed by atoms with van der Waals surface area (Å²) in [4.78, 5) is 5.14. The highest BCUT2D eigenvalue weighted by atomic mass is 32.2. The van der Waals surface area contributed by atoms with Gasteiger partial charge in [-0.05, 0) is 13.0 Å². The van der Waals surface area contributed by atoms with E-state index in [2.05, 4.69) is 15.0 Å². The minimum absolute atomic E-state index is 0.481. The molecule has 2 N–H and O–H groups in total. The molecule has 0 bridgehead atoms. The van der Waals surface area contributed by atoms with Crippen molar-refractivity contribution >= 4 is 21.4 Å². The van der Waals surface area contributed by atoms with Crippen molar-refractivity contribution in [2.24, 2.45) is 0 Å². The molecule has 1 aromatic rings. The molecule has 0 unspecified atom stereocenters. The average Bonchev–Trinajstić information content (AvgIpc) is 2.61. The van der Waals surface area contributed by atoms with E-state index in [-0.39, 0.29) is 0 Å². The van der Waals surface area contributed by atoms with Crippen LogP contribution >= 0.6 is 11.3 Å². The summed E-state index contributed by atoms with van der Waals surface area (Å²) in [5, 5.41) is 3.21. The van der Waals surface area contributed by atoms with Crippen molar-refractivity contribution in [2.75, 3.05) is 19.3 Å². The summed E-state index contributed by atoms with van der Waals surface area (Å²) in [5.41, 5.74) is 1.79. The summed E-state index contributed by atoms with van der Waals surface area (Å²) in [6.07, 6.45) is 3.77. The number of rotatable bonds is 7. The second-order valence-electron chi connectivity index (χ2n) is 3.16. The number of nitrogens with one attached hydrogen (secondary N) is 2. The van der Waals surface area contributed by atoms with Gasteiger partial charge in [0, 0.05) is 24.2 Å². The zero-order valence-corrected chi connectivity index (χ0v) is 10.2. The Morgan fingerprint density at radius 3 is 2.87 bits per heavy atom. The van der Waals surface area contributed by atoms with E-state index in [0.717, 1.165) is 25.8 Å². The van der Waals surface area contributed by atoms with Crippen LogP contribution in [0.15, 0.2) is 11.7 Å². The zero-order valence-electron chi connectivity index (χ0n) is 8.56. The van der Waals surface area contributed by atoms with E-state index in [1.54, 1.807) is 16.8 Å². The summed E-state index contributed by atoms with van der Waals surface area (Å²) in [6, 6.07) is 0. The van der Waals surface area contributed by atoms with Crippen LogP contribution in [0.3, 0.4) is 0 Å². The topological polar surface area (TPSA) is 71.1 Å². The normalized spacial score (nSPS) is 11.8. The van der Waals surface area contributed by atoms with Crippen molar-refractivity contribution in [3.8, 4) is 0 Å². The number of thiazole rings is 1. The molecule has 0 fully saturated rings. The molecule has 0 radical (unpaired) electrons. The lowest BCUT2D eigenvalue weighted by Crippen LogP contribution is -2.26. The predicted molar refractivity (Wildman–Crippen MR) is 61.3 cm³/mol. The number of nitrogens with zero attached hydrogens (tertiary/aromatic N) is 1. The quantitative estimate of drug-likeness (QED) is 0.676. The third kappa shape index (κ3) is 6.56. The van der Waals surface area contributed by atoms with Crippen LogP contribution in [0.4, 0.5) is 0 Å². The molecule has 0 amide bonds. The highest BCUT2D eigenvalue weighted by Gasteiger charge is 1.98. The lowest BCUT2D eigenvalue weighted by molar-refractivity contribution is 0.579. The van der Waals surface area contributed by atoms with Crippen LogP contribution < -0.4 is 10.0 Å². The molecule has 86 valence electrons. The van der Waals surface area contributed by atoms with Crippen LogP contribution in [0.1, 0.15) is 11.3 Å². The van der Waals surface area contributed by atoms with E-state index in [9.17, 15) is 8.42 Å². The fourth-order valence-electron chi connectivity index (χ4n) is 1.01. The van der Waals surface area contributed by atoms with Gasteiger partial charge < -0.3 is 5.32 Å². The largest absolute Gasteiger partial charge is 0.312 e. The molecule has 1 heterocycles. The van der Waals surface area contributed by atoms with Crippen molar-refractivity contribution < 1.29 is 8.42 Å². The van der Waals surface area contributed by atoms with Crippen molar-refractivity contribution in [3.05, 3.63) is 16.6 Å². The Labute approximate surface area is 94.0 Å². The highest BCUT2D eigenvalue weighted by molar-refractivity contribution is 7.88. The van der Waals surface area contributed by atoms with E-state index in [1.807, 2.05) is 6.20 Å². The monoisotopic (exact) mass is 249 g/mol. The fraction of sp³-hybridized carbons (Fsp3) is 0.625. The molecule has 5 nitrogen and oxygen atoms in total. The van der Waals surface area contributed by atoms with Gasteiger partial charge >= 0.3 is 0 Å². The van der Waals surface area contributed by atoms with E-state index >= 15 is 0 Å². The molecular formula is C8H15N3O2S2. The molecule has 0 spiro atoms. The lowest BCUT2D eigenvalue weighted by Gasteiger charge is -2.03. The van der Waals surface area contributed by atoms with Gasteiger partial charge in [-0.25, -0.2) is 13.1 Å². The van der Waals surface area contributed by atoms with Gasteiger partial charge in [-0.15, -0.1) is 11.3 Å². The first-order valence-corrected chi connectivity index (χ1v) is 7.38. The van der Waals surface area contributed by atoms with Crippen molar-refractivity contribution in [1.82, 2.24) is 15.0 Å². The van der Waals surface area contributed by atoms with Crippen LogP contribution in [0, 0.1) is 0 Å². The van der Waals surface area contributed by atoms with E-state index < -0.39 is 10.0 Å². The van der Waals surface area contributed by atoms with Gasteiger partial charge in [0.15, 0.2) is 0 Å². The first kappa shape index (κ1) is 12.6. The first-order chi connectivity index (χ1) is 7.08. The van der Waals surface area contributed by atoms with Crippen molar-refractivity contribution in [1.29, 1.82) is 0 Å². The number of aromatic nitrogens is 1. The molecule has 1 rings (SSSR count). The van der Waals surface area contributed by atoms with Crippen LogP contribution in [0.25, 0.3) is 0 Å². The Balaban J connectivity index is 1.99. The van der Waals surface area contributed by atoms with Crippen molar-refractivity contribution in [2.45, 2.75) is 13.0 Å². The molecule has 0 aliphatic heterocycles. The summed E-state index contributed by atoms with van der Waals surface area (Å²) in [5.74, 6) is 0. The van der Waals surface area contributed by atoms with Gasteiger partial charge in [-0.1, -0.05) is 0 Å². The molecule has 15 heavy (non-hydrogen) atoms. The maximum absolute atomic E-state index is 10.7. The molecule has 7 heteroatoms. The number of hydrogen-bond acceptors (Lipinski definition) is 5. The Morgan fingerprint density at radius 2 is 2.27 bits per heavy atom. The standard InChI is InChI=1S/C8H15N3O2S2/c1-15(12,13)11-4-2-3-9-5-8-6-10-7-14-8/h6-7,9,11H,2-5H2,1H3. The first-order valence-electron chi connectivity index (χ1n) is 4.60. The summed E-state index contributed by atoms with van der Waals surface area (Å²) >= 11 is 1.61. The zero-order chi connectivity index (χ0) is 11.1. The molecule has 0 aliphatic rings.